The number of rotatable bonds is 8. The van der Waals surface area contributed by atoms with Gasteiger partial charge < -0.3 is 15.4 Å². The highest BCUT2D eigenvalue weighted by molar-refractivity contribution is 5.95. The summed E-state index contributed by atoms with van der Waals surface area (Å²) in [6, 6.07) is 14.9. The first-order chi connectivity index (χ1) is 11.6. The number of nitrogens with one attached hydrogen (secondary N) is 2. The summed E-state index contributed by atoms with van der Waals surface area (Å²) >= 11 is 0. The molecule has 0 bridgehead atoms. The number of ketones is 1. The summed E-state index contributed by atoms with van der Waals surface area (Å²) in [7, 11) is 1.63. The van der Waals surface area contributed by atoms with Crippen molar-refractivity contribution in [3.8, 4) is 5.75 Å². The molecule has 0 saturated heterocycles. The van der Waals surface area contributed by atoms with E-state index in [2.05, 4.69) is 10.6 Å². The monoisotopic (exact) mass is 326 g/mol. The van der Waals surface area contributed by atoms with Crippen molar-refractivity contribution in [1.82, 2.24) is 5.32 Å². The Bertz CT molecular complexity index is 696. The van der Waals surface area contributed by atoms with Crippen LogP contribution in [0.5, 0.6) is 5.75 Å². The number of Topliss-reactive ketones (excluding diaryl/α,β-unsaturated/α-hetero) is 1. The van der Waals surface area contributed by atoms with Crippen LogP contribution in [0.25, 0.3) is 0 Å². The van der Waals surface area contributed by atoms with Gasteiger partial charge in [0.15, 0.2) is 5.78 Å². The molecule has 2 aromatic rings. The molecule has 0 aliphatic carbocycles. The lowest BCUT2D eigenvalue weighted by Gasteiger charge is -2.09. The van der Waals surface area contributed by atoms with Gasteiger partial charge in [-0.15, -0.1) is 0 Å². The van der Waals surface area contributed by atoms with E-state index < -0.39 is 0 Å². The maximum absolute atomic E-state index is 11.9. The van der Waals surface area contributed by atoms with E-state index in [4.69, 9.17) is 4.74 Å². The Kier molecular flexibility index (Phi) is 6.37. The van der Waals surface area contributed by atoms with E-state index in [1.165, 1.54) is 6.92 Å². The largest absolute Gasteiger partial charge is 0.497 e. The topological polar surface area (TPSA) is 67.4 Å². The number of methoxy groups -OCH3 is 1. The summed E-state index contributed by atoms with van der Waals surface area (Å²) in [4.78, 5) is 23.2. The van der Waals surface area contributed by atoms with Gasteiger partial charge >= 0.3 is 0 Å². The molecule has 2 aromatic carbocycles. The lowest BCUT2D eigenvalue weighted by molar-refractivity contribution is -0.119. The fourth-order valence-corrected chi connectivity index (χ4v) is 2.23. The van der Waals surface area contributed by atoms with E-state index in [-0.39, 0.29) is 18.2 Å². The molecule has 0 heterocycles. The van der Waals surface area contributed by atoms with Gasteiger partial charge in [0.2, 0.25) is 5.91 Å². The third-order valence-electron chi connectivity index (χ3n) is 3.62. The maximum atomic E-state index is 11.9. The van der Waals surface area contributed by atoms with Crippen LogP contribution in [-0.2, 0) is 11.2 Å². The Morgan fingerprint density at radius 2 is 1.83 bits per heavy atom. The van der Waals surface area contributed by atoms with Crippen LogP contribution in [-0.4, -0.2) is 31.9 Å². The van der Waals surface area contributed by atoms with Crippen molar-refractivity contribution >= 4 is 17.4 Å². The molecule has 0 spiro atoms. The highest BCUT2D eigenvalue weighted by Crippen LogP contribution is 2.12. The van der Waals surface area contributed by atoms with Gasteiger partial charge in [0.1, 0.15) is 5.75 Å². The molecule has 0 aliphatic heterocycles. The van der Waals surface area contributed by atoms with E-state index >= 15 is 0 Å². The number of hydrogen-bond acceptors (Lipinski definition) is 4. The summed E-state index contributed by atoms with van der Waals surface area (Å²) in [5.74, 6) is 0.735. The minimum absolute atomic E-state index is 0.00240. The van der Waals surface area contributed by atoms with Gasteiger partial charge in [-0.05, 0) is 43.2 Å². The molecule has 126 valence electrons. The zero-order chi connectivity index (χ0) is 17.4. The zero-order valence-corrected chi connectivity index (χ0v) is 14.0. The molecule has 2 rings (SSSR count). The minimum Gasteiger partial charge on any atom is -0.497 e. The highest BCUT2D eigenvalue weighted by Gasteiger charge is 2.03. The average molecular weight is 326 g/mol. The van der Waals surface area contributed by atoms with Crippen molar-refractivity contribution in [2.24, 2.45) is 0 Å². The van der Waals surface area contributed by atoms with Gasteiger partial charge in [0, 0.05) is 17.8 Å². The second-order valence-corrected chi connectivity index (χ2v) is 5.44. The fourth-order valence-electron chi connectivity index (χ4n) is 2.23. The second kappa shape index (κ2) is 8.72. The summed E-state index contributed by atoms with van der Waals surface area (Å²) < 4.78 is 5.11. The number of benzene rings is 2. The molecular formula is C19H22N2O3. The average Bonchev–Trinajstić information content (AvgIpc) is 2.61. The molecule has 2 N–H and O–H groups in total. The maximum Gasteiger partial charge on any atom is 0.239 e. The van der Waals surface area contributed by atoms with Crippen molar-refractivity contribution in [1.29, 1.82) is 0 Å². The van der Waals surface area contributed by atoms with E-state index in [0.29, 0.717) is 12.1 Å². The van der Waals surface area contributed by atoms with E-state index in [0.717, 1.165) is 23.4 Å². The molecule has 5 heteroatoms. The number of amides is 1. The second-order valence-electron chi connectivity index (χ2n) is 5.44. The Balaban J connectivity index is 1.73. The van der Waals surface area contributed by atoms with Crippen molar-refractivity contribution in [3.05, 3.63) is 59.7 Å². The fraction of sp³-hybridized carbons (Fsp3) is 0.263. The predicted octanol–water partition coefficient (Wildman–Crippen LogP) is 2.67. The van der Waals surface area contributed by atoms with Crippen molar-refractivity contribution in [2.75, 3.05) is 25.5 Å². The van der Waals surface area contributed by atoms with Gasteiger partial charge in [-0.25, -0.2) is 0 Å². The Hall–Kier alpha value is -2.82. The SMILES string of the molecule is COc1ccc(CCNC(=O)CNc2cccc(C(C)=O)c2)cc1. The van der Waals surface area contributed by atoms with Gasteiger partial charge in [-0.1, -0.05) is 24.3 Å². The zero-order valence-electron chi connectivity index (χ0n) is 14.0. The molecule has 0 aliphatic rings. The van der Waals surface area contributed by atoms with Gasteiger partial charge in [-0.2, -0.15) is 0 Å². The van der Waals surface area contributed by atoms with Gasteiger partial charge in [0.05, 0.1) is 13.7 Å². The Morgan fingerprint density at radius 3 is 2.50 bits per heavy atom. The summed E-state index contributed by atoms with van der Waals surface area (Å²) in [5.41, 5.74) is 2.52. The van der Waals surface area contributed by atoms with Crippen molar-refractivity contribution < 1.29 is 14.3 Å². The molecule has 0 atom stereocenters. The summed E-state index contributed by atoms with van der Waals surface area (Å²) in [6.45, 7) is 2.26. The minimum atomic E-state index is -0.0864. The van der Waals surface area contributed by atoms with Crippen molar-refractivity contribution in [3.63, 3.8) is 0 Å². The molecule has 1 amide bonds. The third kappa shape index (κ3) is 5.43. The number of hydrogen-bond donors (Lipinski definition) is 2. The molecular weight excluding hydrogens is 304 g/mol. The first-order valence-electron chi connectivity index (χ1n) is 7.83. The van der Waals surface area contributed by atoms with Crippen LogP contribution in [0.2, 0.25) is 0 Å². The van der Waals surface area contributed by atoms with E-state index in [1.807, 2.05) is 30.3 Å². The number of carbonyl (C=O) groups is 2. The third-order valence-corrected chi connectivity index (χ3v) is 3.62. The van der Waals surface area contributed by atoms with Gasteiger partial charge in [0.25, 0.3) is 0 Å². The number of anilines is 1. The lowest BCUT2D eigenvalue weighted by Crippen LogP contribution is -2.31. The van der Waals surface area contributed by atoms with Gasteiger partial charge in [-0.3, -0.25) is 9.59 Å². The van der Waals surface area contributed by atoms with Crippen LogP contribution in [0.3, 0.4) is 0 Å². The Labute approximate surface area is 142 Å². The quantitative estimate of drug-likeness (QED) is 0.732. The first-order valence-corrected chi connectivity index (χ1v) is 7.83. The highest BCUT2D eigenvalue weighted by atomic mass is 16.5. The van der Waals surface area contributed by atoms with E-state index in [1.54, 1.807) is 25.3 Å². The molecule has 0 aromatic heterocycles. The summed E-state index contributed by atoms with van der Waals surface area (Å²) in [6.07, 6.45) is 0.759. The van der Waals surface area contributed by atoms with Crippen LogP contribution in [0.1, 0.15) is 22.8 Å². The van der Waals surface area contributed by atoms with E-state index in [9.17, 15) is 9.59 Å². The molecule has 0 saturated carbocycles. The molecule has 0 unspecified atom stereocenters. The van der Waals surface area contributed by atoms with Crippen molar-refractivity contribution in [2.45, 2.75) is 13.3 Å². The summed E-state index contributed by atoms with van der Waals surface area (Å²) in [5, 5.41) is 5.89. The lowest BCUT2D eigenvalue weighted by atomic mass is 10.1. The predicted molar refractivity (Wildman–Crippen MR) is 94.6 cm³/mol. The number of ether oxygens (including phenoxy) is 1. The van der Waals surface area contributed by atoms with Crippen LogP contribution in [0.4, 0.5) is 5.69 Å². The van der Waals surface area contributed by atoms with Crippen LogP contribution in [0.15, 0.2) is 48.5 Å². The van der Waals surface area contributed by atoms with Crippen LogP contribution in [0, 0.1) is 0 Å². The molecule has 24 heavy (non-hydrogen) atoms. The molecule has 0 fully saturated rings. The number of carbonyl (C=O) groups excluding carboxylic acids is 2. The normalized spacial score (nSPS) is 10.1. The first kappa shape index (κ1) is 17.5. The standard InChI is InChI=1S/C19H22N2O3/c1-14(22)16-4-3-5-17(12-16)21-13-19(23)20-11-10-15-6-8-18(24-2)9-7-15/h3-9,12,21H,10-11,13H2,1-2H3,(H,20,23). The van der Waals surface area contributed by atoms with Crippen LogP contribution >= 0.6 is 0 Å². The smallest absolute Gasteiger partial charge is 0.239 e. The molecule has 0 radical (unpaired) electrons. The Morgan fingerprint density at radius 1 is 1.08 bits per heavy atom. The molecule has 5 nitrogen and oxygen atoms in total. The van der Waals surface area contributed by atoms with Crippen LogP contribution < -0.4 is 15.4 Å².